The van der Waals surface area contributed by atoms with Crippen LogP contribution < -0.4 is 11.1 Å². The molecule has 1 amide bonds. The fourth-order valence-corrected chi connectivity index (χ4v) is 1.73. The van der Waals surface area contributed by atoms with Crippen LogP contribution in [-0.4, -0.2) is 27.0 Å². The second-order valence-corrected chi connectivity index (χ2v) is 4.42. The van der Waals surface area contributed by atoms with Gasteiger partial charge >= 0.3 is 5.97 Å². The minimum atomic E-state index is -1.08. The van der Waals surface area contributed by atoms with E-state index in [1.54, 1.807) is 25.1 Å². The van der Waals surface area contributed by atoms with Crippen LogP contribution in [0.2, 0.25) is 0 Å². The molecule has 0 aliphatic heterocycles. The lowest BCUT2D eigenvalue weighted by molar-refractivity contribution is 0.0690. The van der Waals surface area contributed by atoms with Crippen molar-refractivity contribution in [3.63, 3.8) is 0 Å². The average Bonchev–Trinajstić information content (AvgIpc) is 2.45. The number of aromatic carboxylic acids is 1. The maximum absolute atomic E-state index is 11.3. The first-order valence-electron chi connectivity index (χ1n) is 6.17. The molecule has 2 rings (SSSR count). The van der Waals surface area contributed by atoms with Crippen molar-refractivity contribution in [3.05, 3.63) is 53.0 Å². The number of nitrogens with zero attached hydrogens (tertiary/aromatic N) is 2. The lowest BCUT2D eigenvalue weighted by Crippen LogP contribution is -2.16. The van der Waals surface area contributed by atoms with Crippen molar-refractivity contribution in [1.82, 2.24) is 9.97 Å². The summed E-state index contributed by atoms with van der Waals surface area (Å²) < 4.78 is 0. The number of hydrogen-bond acceptors (Lipinski definition) is 5. The van der Waals surface area contributed by atoms with Crippen molar-refractivity contribution < 1.29 is 14.7 Å². The van der Waals surface area contributed by atoms with Gasteiger partial charge in [0.05, 0.1) is 5.56 Å². The zero-order valence-corrected chi connectivity index (χ0v) is 11.3. The highest BCUT2D eigenvalue weighted by Crippen LogP contribution is 2.14. The number of carbonyl (C=O) groups excluding carboxylic acids is 1. The standard InChI is InChI=1S/C14H14N4O3/c1-8-2-4-10(12(15)19)13(18-8)17-7-9-3-5-11(14(20)21)16-6-9/h2-6H,7H2,1H3,(H2,15,19)(H,17,18)(H,20,21). The molecule has 0 aromatic carbocycles. The van der Waals surface area contributed by atoms with E-state index in [-0.39, 0.29) is 5.69 Å². The zero-order chi connectivity index (χ0) is 15.4. The molecule has 0 aliphatic carbocycles. The number of pyridine rings is 2. The Kier molecular flexibility index (Phi) is 4.13. The fraction of sp³-hybridized carbons (Fsp3) is 0.143. The molecule has 0 fully saturated rings. The van der Waals surface area contributed by atoms with Crippen LogP contribution in [0.1, 0.15) is 32.1 Å². The first-order chi connectivity index (χ1) is 9.97. The molecule has 108 valence electrons. The number of carboxylic acids is 1. The van der Waals surface area contributed by atoms with Crippen molar-refractivity contribution in [2.75, 3.05) is 5.32 Å². The molecule has 0 saturated carbocycles. The Morgan fingerprint density at radius 1 is 1.29 bits per heavy atom. The van der Waals surface area contributed by atoms with Crippen LogP contribution in [0, 0.1) is 6.92 Å². The predicted octanol–water partition coefficient (Wildman–Crippen LogP) is 1.19. The van der Waals surface area contributed by atoms with Gasteiger partial charge in [0.1, 0.15) is 11.5 Å². The summed E-state index contributed by atoms with van der Waals surface area (Å²) in [6, 6.07) is 6.37. The van der Waals surface area contributed by atoms with Crippen molar-refractivity contribution in [2.45, 2.75) is 13.5 Å². The molecule has 4 N–H and O–H groups in total. The third-order valence-corrected chi connectivity index (χ3v) is 2.80. The first-order valence-corrected chi connectivity index (χ1v) is 6.17. The minimum absolute atomic E-state index is 0.0229. The SMILES string of the molecule is Cc1ccc(C(N)=O)c(NCc2ccc(C(=O)O)nc2)n1. The van der Waals surface area contributed by atoms with E-state index < -0.39 is 11.9 Å². The molecule has 0 saturated heterocycles. The highest BCUT2D eigenvalue weighted by atomic mass is 16.4. The molecule has 7 heteroatoms. The zero-order valence-electron chi connectivity index (χ0n) is 11.3. The maximum atomic E-state index is 11.3. The van der Waals surface area contributed by atoms with Gasteiger partial charge in [0.15, 0.2) is 0 Å². The van der Waals surface area contributed by atoms with E-state index in [0.29, 0.717) is 17.9 Å². The molecule has 0 bridgehead atoms. The molecule has 0 aliphatic rings. The lowest BCUT2D eigenvalue weighted by atomic mass is 10.2. The van der Waals surface area contributed by atoms with Crippen molar-refractivity contribution >= 4 is 17.7 Å². The van der Waals surface area contributed by atoms with Crippen molar-refractivity contribution in [2.24, 2.45) is 5.73 Å². The number of nitrogens with two attached hydrogens (primary N) is 1. The summed E-state index contributed by atoms with van der Waals surface area (Å²) in [4.78, 5) is 30.1. The van der Waals surface area contributed by atoms with Crippen LogP contribution in [0.3, 0.4) is 0 Å². The van der Waals surface area contributed by atoms with E-state index >= 15 is 0 Å². The number of anilines is 1. The molecular formula is C14H14N4O3. The number of primary amides is 1. The molecule has 0 spiro atoms. The average molecular weight is 286 g/mol. The Morgan fingerprint density at radius 3 is 2.62 bits per heavy atom. The van der Waals surface area contributed by atoms with Gasteiger partial charge in [0, 0.05) is 18.4 Å². The summed E-state index contributed by atoms with van der Waals surface area (Å²) in [5, 5.41) is 11.8. The number of rotatable bonds is 5. The van der Waals surface area contributed by atoms with Crippen LogP contribution >= 0.6 is 0 Å². The van der Waals surface area contributed by atoms with Gasteiger partial charge in [0.2, 0.25) is 0 Å². The topological polar surface area (TPSA) is 118 Å². The largest absolute Gasteiger partial charge is 0.477 e. The van der Waals surface area contributed by atoms with Crippen LogP contribution in [0.4, 0.5) is 5.82 Å². The van der Waals surface area contributed by atoms with Crippen molar-refractivity contribution in [3.8, 4) is 0 Å². The Balaban J connectivity index is 2.14. The normalized spacial score (nSPS) is 10.1. The number of aryl methyl sites for hydroxylation is 1. The number of aromatic nitrogens is 2. The summed E-state index contributed by atoms with van der Waals surface area (Å²) in [6.07, 6.45) is 1.45. The molecular weight excluding hydrogens is 272 g/mol. The van der Waals surface area contributed by atoms with E-state index in [4.69, 9.17) is 10.8 Å². The number of amides is 1. The molecule has 0 unspecified atom stereocenters. The first kappa shape index (κ1) is 14.4. The van der Waals surface area contributed by atoms with Gasteiger partial charge in [0.25, 0.3) is 5.91 Å². The Hall–Kier alpha value is -2.96. The van der Waals surface area contributed by atoms with Gasteiger partial charge in [-0.25, -0.2) is 14.8 Å². The molecule has 7 nitrogen and oxygen atoms in total. The number of carboxylic acid groups (broad SMARTS) is 1. The maximum Gasteiger partial charge on any atom is 0.354 e. The quantitative estimate of drug-likeness (QED) is 0.759. The third kappa shape index (κ3) is 3.53. The molecule has 0 atom stereocenters. The Bertz CT molecular complexity index is 683. The van der Waals surface area contributed by atoms with E-state index in [2.05, 4.69) is 15.3 Å². The lowest BCUT2D eigenvalue weighted by Gasteiger charge is -2.10. The van der Waals surface area contributed by atoms with E-state index in [1.165, 1.54) is 12.3 Å². The highest BCUT2D eigenvalue weighted by Gasteiger charge is 2.10. The summed E-state index contributed by atoms with van der Waals surface area (Å²) >= 11 is 0. The van der Waals surface area contributed by atoms with Crippen LogP contribution in [-0.2, 0) is 6.54 Å². The second-order valence-electron chi connectivity index (χ2n) is 4.42. The predicted molar refractivity (Wildman–Crippen MR) is 76.0 cm³/mol. The monoisotopic (exact) mass is 286 g/mol. The summed E-state index contributed by atoms with van der Waals surface area (Å²) in [5.74, 6) is -1.25. The van der Waals surface area contributed by atoms with Gasteiger partial charge in [-0.2, -0.15) is 0 Å². The minimum Gasteiger partial charge on any atom is -0.477 e. The van der Waals surface area contributed by atoms with Crippen LogP contribution in [0.5, 0.6) is 0 Å². The van der Waals surface area contributed by atoms with Crippen molar-refractivity contribution in [1.29, 1.82) is 0 Å². The number of carbonyl (C=O) groups is 2. The van der Waals surface area contributed by atoms with Crippen LogP contribution in [0.15, 0.2) is 30.5 Å². The molecule has 2 aromatic heterocycles. The van der Waals surface area contributed by atoms with E-state index in [9.17, 15) is 9.59 Å². The summed E-state index contributed by atoms with van der Waals surface area (Å²) in [5.41, 5.74) is 7.08. The second kappa shape index (κ2) is 6.00. The highest BCUT2D eigenvalue weighted by molar-refractivity contribution is 5.97. The fourth-order valence-electron chi connectivity index (χ4n) is 1.73. The van der Waals surface area contributed by atoms with Gasteiger partial charge in [-0.15, -0.1) is 0 Å². The molecule has 2 aromatic rings. The Labute approximate surface area is 120 Å². The van der Waals surface area contributed by atoms with E-state index in [1.807, 2.05) is 0 Å². The van der Waals surface area contributed by atoms with Gasteiger partial charge in [-0.1, -0.05) is 6.07 Å². The number of nitrogens with one attached hydrogen (secondary N) is 1. The third-order valence-electron chi connectivity index (χ3n) is 2.80. The molecule has 0 radical (unpaired) electrons. The number of hydrogen-bond donors (Lipinski definition) is 3. The van der Waals surface area contributed by atoms with Gasteiger partial charge in [-0.05, 0) is 30.7 Å². The Morgan fingerprint density at radius 2 is 2.05 bits per heavy atom. The smallest absolute Gasteiger partial charge is 0.354 e. The summed E-state index contributed by atoms with van der Waals surface area (Å²) in [6.45, 7) is 2.16. The van der Waals surface area contributed by atoms with E-state index in [0.717, 1.165) is 11.3 Å². The summed E-state index contributed by atoms with van der Waals surface area (Å²) in [7, 11) is 0. The molecule has 2 heterocycles. The van der Waals surface area contributed by atoms with Crippen LogP contribution in [0.25, 0.3) is 0 Å². The van der Waals surface area contributed by atoms with Gasteiger partial charge < -0.3 is 16.2 Å². The van der Waals surface area contributed by atoms with Gasteiger partial charge in [-0.3, -0.25) is 4.79 Å². The molecule has 21 heavy (non-hydrogen) atoms.